The molecule has 14 unspecified atom stereocenters. The highest BCUT2D eigenvalue weighted by atomic mass is 16.6. The minimum Gasteiger partial charge on any atom is -0.460 e. The molecule has 17 nitrogen and oxygen atoms in total. The zero-order valence-electron chi connectivity index (χ0n) is 43.7. The van der Waals surface area contributed by atoms with Gasteiger partial charge in [-0.1, -0.05) is 64.2 Å². The Morgan fingerprint density at radius 1 is 0.845 bits per heavy atom. The van der Waals surface area contributed by atoms with E-state index in [-0.39, 0.29) is 55.6 Å². The van der Waals surface area contributed by atoms with E-state index >= 15 is 0 Å². The number of hydrogen-bond donors (Lipinski definition) is 4. The topological polar surface area (TPSA) is 242 Å². The summed E-state index contributed by atoms with van der Waals surface area (Å²) in [5.41, 5.74) is -0.318. The van der Waals surface area contributed by atoms with Gasteiger partial charge in [0.2, 0.25) is 5.79 Å². The Morgan fingerprint density at radius 3 is 2.20 bits per heavy atom. The van der Waals surface area contributed by atoms with Gasteiger partial charge in [-0.3, -0.25) is 24.0 Å². The number of carbonyl (C=O) groups excluding carboxylic acids is 6. The summed E-state index contributed by atoms with van der Waals surface area (Å²) >= 11 is 0. The first-order chi connectivity index (χ1) is 33.6. The summed E-state index contributed by atoms with van der Waals surface area (Å²) in [6.07, 6.45) is 8.93. The van der Waals surface area contributed by atoms with Gasteiger partial charge in [-0.05, 0) is 108 Å². The number of fused-ring (bicyclic) bond motifs is 3. The maximum atomic E-state index is 14.4. The summed E-state index contributed by atoms with van der Waals surface area (Å²) in [4.78, 5) is 85.1. The molecule has 3 heterocycles. The predicted octanol–water partition coefficient (Wildman–Crippen LogP) is 5.09. The van der Waals surface area contributed by atoms with E-state index < -0.39 is 115 Å². The van der Waals surface area contributed by atoms with Crippen LogP contribution in [0.15, 0.2) is 47.6 Å². The van der Waals surface area contributed by atoms with Crippen LogP contribution in [0, 0.1) is 35.0 Å². The van der Waals surface area contributed by atoms with Crippen LogP contribution in [-0.4, -0.2) is 156 Å². The summed E-state index contributed by atoms with van der Waals surface area (Å²) in [5.74, 6) is -9.20. The van der Waals surface area contributed by atoms with Crippen molar-refractivity contribution in [2.24, 2.45) is 35.0 Å². The molecule has 0 aromatic carbocycles. The number of nitrogens with zero attached hydrogens (tertiary/aromatic N) is 1. The Morgan fingerprint density at radius 2 is 1.55 bits per heavy atom. The Labute approximate surface area is 420 Å². The first kappa shape index (κ1) is 59.6. The monoisotopic (exact) mass is 1000 g/mol. The quantitative estimate of drug-likeness (QED) is 0.134. The number of amides is 1. The van der Waals surface area contributed by atoms with Gasteiger partial charge in [0.05, 0.1) is 31.5 Å². The number of cyclic esters (lactones) is 1. The molecular weight excluding hydrogens is 919 g/mol. The van der Waals surface area contributed by atoms with Gasteiger partial charge in [0.15, 0.2) is 5.78 Å². The predicted molar refractivity (Wildman–Crippen MR) is 262 cm³/mol. The van der Waals surface area contributed by atoms with Crippen molar-refractivity contribution >= 4 is 35.2 Å². The van der Waals surface area contributed by atoms with Crippen LogP contribution < -0.4 is 0 Å². The zero-order chi connectivity index (χ0) is 52.8. The molecule has 1 amide bonds. The summed E-state index contributed by atoms with van der Waals surface area (Å²) in [7, 11) is 4.38. The second kappa shape index (κ2) is 27.4. The van der Waals surface area contributed by atoms with Crippen LogP contribution in [0.2, 0.25) is 0 Å². The number of piperidine rings is 1. The number of Topliss-reactive ketones (excluding diaryl/α,β-unsaturated/α-hetero) is 3. The molecule has 1 saturated carbocycles. The van der Waals surface area contributed by atoms with Crippen LogP contribution in [0.4, 0.5) is 0 Å². The lowest BCUT2D eigenvalue weighted by Crippen LogP contribution is -2.60. The molecule has 71 heavy (non-hydrogen) atoms. The van der Waals surface area contributed by atoms with Crippen LogP contribution in [-0.2, 0) is 57.2 Å². The number of aliphatic hydroxyl groups is 4. The second-order valence-electron chi connectivity index (χ2n) is 21.0. The highest BCUT2D eigenvalue weighted by Gasteiger charge is 2.53. The summed E-state index contributed by atoms with van der Waals surface area (Å²) in [5, 5.41) is 43.0. The highest BCUT2D eigenvalue weighted by Crippen LogP contribution is 2.38. The molecule has 0 spiro atoms. The first-order valence-electron chi connectivity index (χ1n) is 25.5. The third-order valence-corrected chi connectivity index (χ3v) is 15.2. The van der Waals surface area contributed by atoms with E-state index in [4.69, 9.17) is 28.4 Å². The van der Waals surface area contributed by atoms with Crippen LogP contribution in [0.3, 0.4) is 0 Å². The van der Waals surface area contributed by atoms with Gasteiger partial charge in [-0.2, -0.15) is 0 Å². The molecule has 0 aromatic rings. The molecule has 4 N–H and O–H groups in total. The highest BCUT2D eigenvalue weighted by molar-refractivity contribution is 6.39. The minimum absolute atomic E-state index is 0.00889. The fourth-order valence-electron chi connectivity index (χ4n) is 10.2. The lowest BCUT2D eigenvalue weighted by molar-refractivity contribution is -0.265. The summed E-state index contributed by atoms with van der Waals surface area (Å²) < 4.78 is 35.3. The molecule has 2 bridgehead atoms. The molecule has 3 aliphatic heterocycles. The number of hydrogen-bond acceptors (Lipinski definition) is 16. The molecule has 0 radical (unpaired) electrons. The van der Waals surface area contributed by atoms with E-state index in [9.17, 15) is 49.2 Å². The van der Waals surface area contributed by atoms with E-state index in [1.165, 1.54) is 21.1 Å². The van der Waals surface area contributed by atoms with Gasteiger partial charge in [0, 0.05) is 58.5 Å². The number of allylic oxidation sites excluding steroid dienone is 6. The fraction of sp³-hybridized carbons (Fsp3) is 0.741. The van der Waals surface area contributed by atoms with Crippen molar-refractivity contribution in [3.63, 3.8) is 0 Å². The average Bonchev–Trinajstić information content (AvgIpc) is 3.35. The number of ketones is 3. The number of ether oxygens (including phenoxy) is 6. The summed E-state index contributed by atoms with van der Waals surface area (Å²) in [6, 6.07) is -1.21. The van der Waals surface area contributed by atoms with Crippen LogP contribution in [0.25, 0.3) is 0 Å². The molecular formula is C54H83NO16. The number of aliphatic hydroxyl groups excluding tert-OH is 3. The zero-order valence-corrected chi connectivity index (χ0v) is 43.7. The lowest BCUT2D eigenvalue weighted by Gasteiger charge is -2.42. The van der Waals surface area contributed by atoms with Gasteiger partial charge in [-0.15, -0.1) is 0 Å². The van der Waals surface area contributed by atoms with E-state index in [0.717, 1.165) is 10.5 Å². The van der Waals surface area contributed by atoms with Gasteiger partial charge in [0.1, 0.15) is 41.7 Å². The van der Waals surface area contributed by atoms with Crippen molar-refractivity contribution in [1.29, 1.82) is 0 Å². The maximum Gasteiger partial charge on any atom is 0.329 e. The van der Waals surface area contributed by atoms with Crippen molar-refractivity contribution in [2.75, 3.05) is 41.1 Å². The van der Waals surface area contributed by atoms with E-state index in [2.05, 4.69) is 0 Å². The number of carbonyl (C=O) groups is 6. The third kappa shape index (κ3) is 15.5. The molecule has 4 aliphatic rings. The normalized spacial score (nSPS) is 36.5. The Balaban J connectivity index is 1.70. The van der Waals surface area contributed by atoms with Crippen LogP contribution >= 0.6 is 0 Å². The molecule has 4 rings (SSSR count). The smallest absolute Gasteiger partial charge is 0.329 e. The SMILES string of the molecule is COC1CC2CCC(C)C(O)(O2)C(=O)C(=O)N2CCCCC2C(=O)OC(CC2CCC(OC(=O)C(C)(CO)CO)C(OC)C2)CC(=O)C(C)/C=C(/C)C(O)C(OC)C(=O)C(C)CC(C)/C=C/C=CC=C1C. The second-order valence-corrected chi connectivity index (χ2v) is 21.0. The van der Waals surface area contributed by atoms with Crippen LogP contribution in [0.5, 0.6) is 0 Å². The van der Waals surface area contributed by atoms with Gasteiger partial charge in [-0.25, -0.2) is 4.79 Å². The Bertz CT molecular complexity index is 1960. The molecule has 400 valence electrons. The Hall–Kier alpha value is -3.94. The van der Waals surface area contributed by atoms with Crippen molar-refractivity contribution < 1.29 is 77.6 Å². The average molecular weight is 1000 g/mol. The lowest BCUT2D eigenvalue weighted by atomic mass is 9.80. The fourth-order valence-corrected chi connectivity index (χ4v) is 10.2. The minimum atomic E-state index is -2.47. The Kier molecular flexibility index (Phi) is 23.0. The van der Waals surface area contributed by atoms with Crippen molar-refractivity contribution in [2.45, 2.75) is 180 Å². The molecule has 17 heteroatoms. The standard InChI is InChI=1S/C54H83NO16/c1-32-16-12-11-13-17-33(2)44(66-8)29-39-21-19-37(6)54(65,71-39)49(61)50(62)55-23-15-14-18-41(55)51(63)69-40(26-38-20-22-43(45(27-38)67-9)70-52(64)53(7,30-56)31-57)28-42(58)34(3)25-36(5)47(60)48(68-10)46(59)35(4)24-32/h11-13,16-17,25,32,34-35,37-41,43-45,47-48,56-57,60,65H,14-15,18-24,26-31H2,1-10H3/b13-11?,16-12+,33-17?,36-25-. The van der Waals surface area contributed by atoms with Crippen molar-refractivity contribution in [1.82, 2.24) is 4.90 Å². The van der Waals surface area contributed by atoms with Crippen molar-refractivity contribution in [3.8, 4) is 0 Å². The molecule has 14 atom stereocenters. The molecule has 3 fully saturated rings. The van der Waals surface area contributed by atoms with Gasteiger partial charge in [0.25, 0.3) is 11.7 Å². The number of rotatable bonds is 9. The van der Waals surface area contributed by atoms with E-state index in [0.29, 0.717) is 56.9 Å². The number of methoxy groups -OCH3 is 3. The van der Waals surface area contributed by atoms with Crippen LogP contribution in [0.1, 0.15) is 126 Å². The van der Waals surface area contributed by atoms with E-state index in [1.54, 1.807) is 40.9 Å². The maximum absolute atomic E-state index is 14.4. The summed E-state index contributed by atoms with van der Waals surface area (Å²) in [6.45, 7) is 10.8. The van der Waals surface area contributed by atoms with E-state index in [1.807, 2.05) is 44.2 Å². The van der Waals surface area contributed by atoms with Gasteiger partial charge < -0.3 is 53.7 Å². The molecule has 2 saturated heterocycles. The van der Waals surface area contributed by atoms with Gasteiger partial charge >= 0.3 is 11.9 Å². The molecule has 1 aliphatic carbocycles. The van der Waals surface area contributed by atoms with Crippen molar-refractivity contribution in [3.05, 3.63) is 47.6 Å². The number of esters is 2. The first-order valence-corrected chi connectivity index (χ1v) is 25.5. The molecule has 0 aromatic heterocycles. The largest absolute Gasteiger partial charge is 0.460 e. The third-order valence-electron chi connectivity index (χ3n) is 15.2.